The number of amides is 3. The van der Waals surface area contributed by atoms with Gasteiger partial charge in [0, 0.05) is 19.1 Å². The average Bonchev–Trinajstić information content (AvgIpc) is 2.86. The number of rotatable bonds is 4. The predicted molar refractivity (Wildman–Crippen MR) is 102 cm³/mol. The molecule has 6 nitrogen and oxygen atoms in total. The summed E-state index contributed by atoms with van der Waals surface area (Å²) in [5, 5.41) is 0. The van der Waals surface area contributed by atoms with E-state index >= 15 is 0 Å². The number of benzene rings is 1. The molecule has 0 N–H and O–H groups in total. The molecule has 0 spiro atoms. The first-order valence-corrected chi connectivity index (χ1v) is 9.73. The summed E-state index contributed by atoms with van der Waals surface area (Å²) in [6.07, 6.45) is 4.83. The molecule has 0 saturated heterocycles. The molecule has 1 aliphatic carbocycles. The highest BCUT2D eigenvalue weighted by molar-refractivity contribution is 6.21. The highest BCUT2D eigenvalue weighted by Crippen LogP contribution is 2.26. The van der Waals surface area contributed by atoms with Gasteiger partial charge >= 0.3 is 6.09 Å². The summed E-state index contributed by atoms with van der Waals surface area (Å²) in [6.45, 7) is 6.00. The molecule has 6 heteroatoms. The number of hydrogen-bond donors (Lipinski definition) is 0. The third-order valence-corrected chi connectivity index (χ3v) is 5.09. The van der Waals surface area contributed by atoms with E-state index < -0.39 is 5.60 Å². The minimum atomic E-state index is -0.584. The first-order chi connectivity index (χ1) is 12.8. The molecular weight excluding hydrogens is 344 g/mol. The highest BCUT2D eigenvalue weighted by atomic mass is 16.6. The Morgan fingerprint density at radius 3 is 2.15 bits per heavy atom. The van der Waals surface area contributed by atoms with Gasteiger partial charge in [-0.1, -0.05) is 31.4 Å². The lowest BCUT2D eigenvalue weighted by atomic mass is 9.94. The van der Waals surface area contributed by atoms with Crippen LogP contribution in [0.5, 0.6) is 0 Å². The van der Waals surface area contributed by atoms with Gasteiger partial charge in [0.1, 0.15) is 5.60 Å². The van der Waals surface area contributed by atoms with Crippen LogP contribution in [0.3, 0.4) is 0 Å². The molecule has 0 atom stereocenters. The molecule has 27 heavy (non-hydrogen) atoms. The van der Waals surface area contributed by atoms with Crippen LogP contribution in [0.25, 0.3) is 0 Å². The lowest BCUT2D eigenvalue weighted by molar-refractivity contribution is 0.00982. The Morgan fingerprint density at radius 2 is 1.63 bits per heavy atom. The maximum absolute atomic E-state index is 12.8. The first kappa shape index (κ1) is 19.4. The second-order valence-electron chi connectivity index (χ2n) is 8.27. The van der Waals surface area contributed by atoms with Gasteiger partial charge in [-0.25, -0.2) is 4.79 Å². The van der Waals surface area contributed by atoms with Gasteiger partial charge in [-0.3, -0.25) is 14.5 Å². The van der Waals surface area contributed by atoms with Crippen molar-refractivity contribution in [2.75, 3.05) is 13.1 Å². The standard InChI is InChI=1S/C21H28N2O4/c1-21(2,3)27-20(26)22(15-9-5-4-6-10-15)13-14-23-18(24)16-11-7-8-12-17(16)19(23)25/h7-8,11-12,15H,4-6,9-10,13-14H2,1-3H3. The van der Waals surface area contributed by atoms with E-state index in [-0.39, 0.29) is 30.5 Å². The Bertz CT molecular complexity index is 697. The zero-order valence-corrected chi connectivity index (χ0v) is 16.4. The third kappa shape index (κ3) is 4.31. The summed E-state index contributed by atoms with van der Waals surface area (Å²) < 4.78 is 5.58. The number of hydrogen-bond acceptors (Lipinski definition) is 4. The number of imide groups is 1. The largest absolute Gasteiger partial charge is 0.444 e. The van der Waals surface area contributed by atoms with Crippen LogP contribution < -0.4 is 0 Å². The second kappa shape index (κ2) is 7.71. The molecule has 1 aromatic carbocycles. The topological polar surface area (TPSA) is 66.9 Å². The van der Waals surface area contributed by atoms with Gasteiger partial charge in [0.2, 0.25) is 0 Å². The maximum Gasteiger partial charge on any atom is 0.410 e. The summed E-state index contributed by atoms with van der Waals surface area (Å²) in [7, 11) is 0. The number of carbonyl (C=O) groups excluding carboxylic acids is 3. The van der Waals surface area contributed by atoms with Crippen LogP contribution in [-0.4, -0.2) is 52.4 Å². The van der Waals surface area contributed by atoms with Crippen LogP contribution in [0.4, 0.5) is 4.79 Å². The molecule has 1 fully saturated rings. The fourth-order valence-corrected chi connectivity index (χ4v) is 3.79. The van der Waals surface area contributed by atoms with Crippen LogP contribution in [0.2, 0.25) is 0 Å². The quantitative estimate of drug-likeness (QED) is 0.753. The molecule has 0 unspecified atom stereocenters. The Labute approximate surface area is 160 Å². The van der Waals surface area contributed by atoms with Gasteiger partial charge in [-0.2, -0.15) is 0 Å². The summed E-state index contributed by atoms with van der Waals surface area (Å²) >= 11 is 0. The first-order valence-electron chi connectivity index (χ1n) is 9.73. The predicted octanol–water partition coefficient (Wildman–Crippen LogP) is 3.85. The molecule has 1 aromatic rings. The van der Waals surface area contributed by atoms with Crippen molar-refractivity contribution in [2.24, 2.45) is 0 Å². The van der Waals surface area contributed by atoms with Gasteiger partial charge in [0.15, 0.2) is 0 Å². The zero-order chi connectivity index (χ0) is 19.6. The lowest BCUT2D eigenvalue weighted by Crippen LogP contribution is -2.48. The van der Waals surface area contributed by atoms with Gasteiger partial charge in [0.05, 0.1) is 11.1 Å². The van der Waals surface area contributed by atoms with Crippen LogP contribution in [-0.2, 0) is 4.74 Å². The zero-order valence-electron chi connectivity index (χ0n) is 16.4. The van der Waals surface area contributed by atoms with E-state index in [4.69, 9.17) is 4.74 Å². The normalized spacial score (nSPS) is 17.8. The number of fused-ring (bicyclic) bond motifs is 1. The lowest BCUT2D eigenvalue weighted by Gasteiger charge is -2.36. The Hall–Kier alpha value is -2.37. The monoisotopic (exact) mass is 372 g/mol. The van der Waals surface area contributed by atoms with Crippen molar-refractivity contribution in [1.82, 2.24) is 9.80 Å². The van der Waals surface area contributed by atoms with E-state index in [9.17, 15) is 14.4 Å². The molecule has 0 radical (unpaired) electrons. The SMILES string of the molecule is CC(C)(C)OC(=O)N(CCN1C(=O)c2ccccc2C1=O)C1CCCCC1. The molecule has 0 bridgehead atoms. The number of ether oxygens (including phenoxy) is 1. The summed E-state index contributed by atoms with van der Waals surface area (Å²) in [5.41, 5.74) is 0.285. The minimum absolute atomic E-state index is 0.101. The van der Waals surface area contributed by atoms with Crippen molar-refractivity contribution >= 4 is 17.9 Å². The molecule has 1 saturated carbocycles. The Kier molecular flexibility index (Phi) is 5.53. The van der Waals surface area contributed by atoms with E-state index in [1.54, 1.807) is 29.2 Å². The van der Waals surface area contributed by atoms with Crippen LogP contribution in [0.1, 0.15) is 73.6 Å². The summed E-state index contributed by atoms with van der Waals surface area (Å²) in [4.78, 5) is 40.8. The van der Waals surface area contributed by atoms with Gasteiger partial charge < -0.3 is 9.64 Å². The number of nitrogens with zero attached hydrogens (tertiary/aromatic N) is 2. The van der Waals surface area contributed by atoms with Crippen molar-refractivity contribution < 1.29 is 19.1 Å². The van der Waals surface area contributed by atoms with Crippen LogP contribution >= 0.6 is 0 Å². The van der Waals surface area contributed by atoms with Crippen molar-refractivity contribution in [2.45, 2.75) is 64.5 Å². The van der Waals surface area contributed by atoms with Crippen LogP contribution in [0, 0.1) is 0 Å². The smallest absolute Gasteiger partial charge is 0.410 e. The molecule has 1 heterocycles. The second-order valence-corrected chi connectivity index (χ2v) is 8.27. The molecule has 3 rings (SSSR count). The van der Waals surface area contributed by atoms with Crippen molar-refractivity contribution in [3.8, 4) is 0 Å². The minimum Gasteiger partial charge on any atom is -0.444 e. The fraction of sp³-hybridized carbons (Fsp3) is 0.571. The number of carbonyl (C=O) groups is 3. The molecule has 0 aromatic heterocycles. The fourth-order valence-electron chi connectivity index (χ4n) is 3.79. The van der Waals surface area contributed by atoms with Crippen molar-refractivity contribution in [3.63, 3.8) is 0 Å². The molecule has 146 valence electrons. The van der Waals surface area contributed by atoms with E-state index in [1.165, 1.54) is 11.3 Å². The van der Waals surface area contributed by atoms with E-state index in [2.05, 4.69) is 0 Å². The van der Waals surface area contributed by atoms with Crippen molar-refractivity contribution in [1.29, 1.82) is 0 Å². The highest BCUT2D eigenvalue weighted by Gasteiger charge is 2.36. The summed E-state index contributed by atoms with van der Waals surface area (Å²) in [5.74, 6) is -0.577. The van der Waals surface area contributed by atoms with Gasteiger partial charge in [-0.15, -0.1) is 0 Å². The Balaban J connectivity index is 1.72. The molecular formula is C21H28N2O4. The van der Waals surface area contributed by atoms with E-state index in [0.717, 1.165) is 25.7 Å². The third-order valence-electron chi connectivity index (χ3n) is 5.09. The summed E-state index contributed by atoms with van der Waals surface area (Å²) in [6, 6.07) is 6.94. The van der Waals surface area contributed by atoms with E-state index in [0.29, 0.717) is 17.7 Å². The van der Waals surface area contributed by atoms with Gasteiger partial charge in [0.25, 0.3) is 11.8 Å². The van der Waals surface area contributed by atoms with Gasteiger partial charge in [-0.05, 0) is 45.7 Å². The maximum atomic E-state index is 12.8. The Morgan fingerprint density at radius 1 is 1.07 bits per heavy atom. The molecule has 3 amide bonds. The van der Waals surface area contributed by atoms with E-state index in [1.807, 2.05) is 20.8 Å². The average molecular weight is 372 g/mol. The van der Waals surface area contributed by atoms with Crippen molar-refractivity contribution in [3.05, 3.63) is 35.4 Å². The van der Waals surface area contributed by atoms with Crippen LogP contribution in [0.15, 0.2) is 24.3 Å². The molecule has 1 aliphatic heterocycles. The molecule has 2 aliphatic rings.